The van der Waals surface area contributed by atoms with E-state index in [1.54, 1.807) is 0 Å². The summed E-state index contributed by atoms with van der Waals surface area (Å²) in [5.74, 6) is 1.18. The summed E-state index contributed by atoms with van der Waals surface area (Å²) in [5.41, 5.74) is 1.08. The number of aliphatic hydroxyl groups excluding tert-OH is 1. The first kappa shape index (κ1) is 15.3. The van der Waals surface area contributed by atoms with Crippen LogP contribution >= 0.6 is 24.0 Å². The molecule has 1 aromatic heterocycles. The minimum absolute atomic E-state index is 0. The van der Waals surface area contributed by atoms with Crippen molar-refractivity contribution in [2.24, 2.45) is 0 Å². The Bertz CT molecular complexity index is 559. The van der Waals surface area contributed by atoms with E-state index >= 15 is 0 Å². The van der Waals surface area contributed by atoms with Gasteiger partial charge in [-0.05, 0) is 24.1 Å². The monoisotopic (exact) mass is 315 g/mol. The summed E-state index contributed by atoms with van der Waals surface area (Å²) in [7, 11) is 0. The largest absolute Gasteiger partial charge is 0.392 e. The van der Waals surface area contributed by atoms with Gasteiger partial charge in [0, 0.05) is 18.0 Å². The lowest BCUT2D eigenvalue weighted by Crippen LogP contribution is -2.15. The van der Waals surface area contributed by atoms with Crippen molar-refractivity contribution in [3.63, 3.8) is 0 Å². The lowest BCUT2D eigenvalue weighted by molar-refractivity contribution is 0.191. The third-order valence-electron chi connectivity index (χ3n) is 3.17. The lowest BCUT2D eigenvalue weighted by Gasteiger charge is -2.01. The molecule has 2 N–H and O–H groups in total. The van der Waals surface area contributed by atoms with Gasteiger partial charge in [0.25, 0.3) is 0 Å². The molecule has 2 heterocycles. The van der Waals surface area contributed by atoms with Gasteiger partial charge in [-0.2, -0.15) is 4.98 Å². The van der Waals surface area contributed by atoms with Gasteiger partial charge >= 0.3 is 0 Å². The van der Waals surface area contributed by atoms with Crippen LogP contribution < -0.4 is 5.32 Å². The second-order valence-corrected chi connectivity index (χ2v) is 5.14. The summed E-state index contributed by atoms with van der Waals surface area (Å²) in [4.78, 5) is 4.36. The van der Waals surface area contributed by atoms with Crippen LogP contribution in [0.2, 0.25) is 5.02 Å². The molecular formula is C13H15Cl2N3O2. The maximum atomic E-state index is 9.46. The van der Waals surface area contributed by atoms with Crippen molar-refractivity contribution in [1.82, 2.24) is 15.5 Å². The summed E-state index contributed by atoms with van der Waals surface area (Å²) in [5, 5.41) is 17.3. The zero-order valence-electron chi connectivity index (χ0n) is 10.6. The van der Waals surface area contributed by atoms with Gasteiger partial charge in [-0.15, -0.1) is 12.4 Å². The number of β-amino-alcohol motifs (C(OH)–C–C–N with tert-alkyl or cyclic N) is 1. The van der Waals surface area contributed by atoms with Crippen molar-refractivity contribution in [3.05, 3.63) is 46.6 Å². The van der Waals surface area contributed by atoms with Gasteiger partial charge in [-0.3, -0.25) is 0 Å². The van der Waals surface area contributed by atoms with Gasteiger partial charge in [0.1, 0.15) is 0 Å². The number of hydrogen-bond acceptors (Lipinski definition) is 5. The van der Waals surface area contributed by atoms with Gasteiger partial charge in [0.05, 0.1) is 12.1 Å². The van der Waals surface area contributed by atoms with Crippen LogP contribution in [0.3, 0.4) is 0 Å². The van der Waals surface area contributed by atoms with Crippen molar-refractivity contribution < 1.29 is 9.63 Å². The van der Waals surface area contributed by atoms with E-state index < -0.39 is 0 Å². The molecule has 2 atom stereocenters. The highest BCUT2D eigenvalue weighted by Crippen LogP contribution is 2.22. The summed E-state index contributed by atoms with van der Waals surface area (Å²) in [6.45, 7) is 0.569. The van der Waals surface area contributed by atoms with E-state index in [2.05, 4.69) is 15.5 Å². The number of benzene rings is 1. The molecule has 1 aliphatic heterocycles. The lowest BCUT2D eigenvalue weighted by atomic mass is 10.1. The molecule has 1 saturated heterocycles. The first-order chi connectivity index (χ1) is 9.20. The summed E-state index contributed by atoms with van der Waals surface area (Å²) >= 11 is 5.84. The molecule has 0 spiro atoms. The molecule has 0 aliphatic carbocycles. The quantitative estimate of drug-likeness (QED) is 0.908. The molecule has 2 aromatic rings. The molecule has 108 valence electrons. The fraction of sp³-hybridized carbons (Fsp3) is 0.385. The van der Waals surface area contributed by atoms with Crippen LogP contribution in [0.4, 0.5) is 0 Å². The fourth-order valence-electron chi connectivity index (χ4n) is 2.17. The van der Waals surface area contributed by atoms with Gasteiger partial charge in [0.2, 0.25) is 5.89 Å². The number of nitrogens with zero attached hydrogens (tertiary/aromatic N) is 2. The first-order valence-electron chi connectivity index (χ1n) is 6.19. The topological polar surface area (TPSA) is 71.2 Å². The van der Waals surface area contributed by atoms with Crippen molar-refractivity contribution in [2.45, 2.75) is 25.0 Å². The predicted octanol–water partition coefficient (Wildman–Crippen LogP) is 2.13. The van der Waals surface area contributed by atoms with Crippen LogP contribution in [0.1, 0.15) is 29.7 Å². The molecular weight excluding hydrogens is 301 g/mol. The standard InChI is InChI=1S/C13H14ClN3O2.ClH/c14-9-3-1-8(2-4-9)5-12-16-13(19-17-12)11-6-10(18)7-15-11;/h1-4,10-11,15,18H,5-7H2;1H/t10-,11-;/m1./s1. The Kier molecular flexibility index (Phi) is 4.99. The Morgan fingerprint density at radius 2 is 2.10 bits per heavy atom. The smallest absolute Gasteiger partial charge is 0.243 e. The molecule has 0 radical (unpaired) electrons. The van der Waals surface area contributed by atoms with Gasteiger partial charge in [0.15, 0.2) is 5.82 Å². The average Bonchev–Trinajstić information content (AvgIpc) is 3.01. The number of rotatable bonds is 3. The molecule has 1 aromatic carbocycles. The minimum Gasteiger partial charge on any atom is -0.392 e. The highest BCUT2D eigenvalue weighted by Gasteiger charge is 2.27. The summed E-state index contributed by atoms with van der Waals surface area (Å²) < 4.78 is 5.23. The number of aliphatic hydroxyl groups is 1. The number of nitrogens with one attached hydrogen (secondary N) is 1. The Hall–Kier alpha value is -1.14. The Balaban J connectivity index is 0.00000147. The molecule has 20 heavy (non-hydrogen) atoms. The molecule has 0 saturated carbocycles. The van der Waals surface area contributed by atoms with Crippen molar-refractivity contribution in [1.29, 1.82) is 0 Å². The maximum Gasteiger partial charge on any atom is 0.243 e. The molecule has 3 rings (SSSR count). The Morgan fingerprint density at radius 1 is 1.35 bits per heavy atom. The average molecular weight is 316 g/mol. The Morgan fingerprint density at radius 3 is 2.75 bits per heavy atom. The first-order valence-corrected chi connectivity index (χ1v) is 6.57. The van der Waals surface area contributed by atoms with Gasteiger partial charge in [-0.1, -0.05) is 28.9 Å². The fourth-order valence-corrected chi connectivity index (χ4v) is 2.30. The normalized spacial score (nSPS) is 21.7. The zero-order valence-corrected chi connectivity index (χ0v) is 12.2. The van der Waals surface area contributed by atoms with Crippen LogP contribution in [0.25, 0.3) is 0 Å². The van der Waals surface area contributed by atoms with Crippen molar-refractivity contribution in [2.75, 3.05) is 6.54 Å². The van der Waals surface area contributed by atoms with Crippen molar-refractivity contribution >= 4 is 24.0 Å². The maximum absolute atomic E-state index is 9.46. The minimum atomic E-state index is -0.336. The van der Waals surface area contributed by atoms with Crippen LogP contribution in [-0.4, -0.2) is 27.9 Å². The second-order valence-electron chi connectivity index (χ2n) is 4.70. The van der Waals surface area contributed by atoms with Crippen molar-refractivity contribution in [3.8, 4) is 0 Å². The van der Waals surface area contributed by atoms with E-state index in [1.165, 1.54) is 0 Å². The summed E-state index contributed by atoms with van der Waals surface area (Å²) in [6.07, 6.45) is 0.884. The number of hydrogen-bond donors (Lipinski definition) is 2. The van der Waals surface area contributed by atoms with Crippen LogP contribution in [0.15, 0.2) is 28.8 Å². The van der Waals surface area contributed by atoms with Gasteiger partial charge in [-0.25, -0.2) is 0 Å². The third-order valence-corrected chi connectivity index (χ3v) is 3.42. The van der Waals surface area contributed by atoms with Crippen LogP contribution in [0.5, 0.6) is 0 Å². The highest BCUT2D eigenvalue weighted by atomic mass is 35.5. The highest BCUT2D eigenvalue weighted by molar-refractivity contribution is 6.30. The van der Waals surface area contributed by atoms with E-state index in [-0.39, 0.29) is 24.6 Å². The van der Waals surface area contributed by atoms with Gasteiger partial charge < -0.3 is 14.9 Å². The molecule has 5 nitrogen and oxygen atoms in total. The number of aromatic nitrogens is 2. The second kappa shape index (κ2) is 6.54. The SMILES string of the molecule is Cl.O[C@H]1CN[C@@H](c2nc(Cc3ccc(Cl)cc3)no2)C1. The number of halogens is 2. The Labute approximate surface area is 127 Å². The molecule has 1 fully saturated rings. The molecule has 0 unspecified atom stereocenters. The van der Waals surface area contributed by atoms with E-state index in [0.29, 0.717) is 36.1 Å². The molecule has 1 aliphatic rings. The van der Waals surface area contributed by atoms with E-state index in [9.17, 15) is 5.11 Å². The van der Waals surface area contributed by atoms with E-state index in [0.717, 1.165) is 5.56 Å². The third kappa shape index (κ3) is 3.49. The van der Waals surface area contributed by atoms with Crippen LogP contribution in [0, 0.1) is 0 Å². The van der Waals surface area contributed by atoms with E-state index in [4.69, 9.17) is 16.1 Å². The molecule has 7 heteroatoms. The molecule has 0 bridgehead atoms. The zero-order chi connectivity index (χ0) is 13.2. The van der Waals surface area contributed by atoms with Crippen LogP contribution in [-0.2, 0) is 6.42 Å². The van der Waals surface area contributed by atoms with E-state index in [1.807, 2.05) is 24.3 Å². The predicted molar refractivity (Wildman–Crippen MR) is 77.2 cm³/mol. The summed E-state index contributed by atoms with van der Waals surface area (Å²) in [6, 6.07) is 7.52. The molecule has 0 amide bonds.